The van der Waals surface area contributed by atoms with Gasteiger partial charge in [0.1, 0.15) is 10.8 Å². The van der Waals surface area contributed by atoms with Crippen molar-refractivity contribution in [1.29, 1.82) is 0 Å². The minimum absolute atomic E-state index is 0.432. The van der Waals surface area contributed by atoms with Gasteiger partial charge in [-0.05, 0) is 26.3 Å². The van der Waals surface area contributed by atoms with Crippen molar-refractivity contribution in [2.75, 3.05) is 0 Å². The zero-order valence-corrected chi connectivity index (χ0v) is 9.53. The van der Waals surface area contributed by atoms with Crippen molar-refractivity contribution < 1.29 is 4.39 Å². The molecule has 14 heavy (non-hydrogen) atoms. The van der Waals surface area contributed by atoms with Crippen LogP contribution in [-0.4, -0.2) is 4.98 Å². The first kappa shape index (κ1) is 11.4. The Morgan fingerprint density at radius 3 is 2.57 bits per heavy atom. The predicted molar refractivity (Wildman–Crippen MR) is 57.4 cm³/mol. The standard InChI is InChI=1S/C11H15ClFN/c1-4-5-9-8(11(2,3)13)6-7-10(12)14-9/h6-7H,4-5H2,1-3H3. The summed E-state index contributed by atoms with van der Waals surface area (Å²) in [7, 11) is 0. The van der Waals surface area contributed by atoms with Crippen LogP contribution in [0.4, 0.5) is 4.39 Å². The summed E-state index contributed by atoms with van der Waals surface area (Å²) in [4.78, 5) is 4.15. The summed E-state index contributed by atoms with van der Waals surface area (Å²) in [5, 5.41) is 0.432. The lowest BCUT2D eigenvalue weighted by molar-refractivity contribution is 0.219. The summed E-state index contributed by atoms with van der Waals surface area (Å²) >= 11 is 5.77. The van der Waals surface area contributed by atoms with Crippen LogP contribution in [0.3, 0.4) is 0 Å². The van der Waals surface area contributed by atoms with Crippen LogP contribution in [0.5, 0.6) is 0 Å². The van der Waals surface area contributed by atoms with E-state index in [4.69, 9.17) is 11.6 Å². The van der Waals surface area contributed by atoms with Crippen molar-refractivity contribution in [3.05, 3.63) is 28.5 Å². The zero-order chi connectivity index (χ0) is 10.8. The first-order valence-corrected chi connectivity index (χ1v) is 5.17. The molecule has 0 bridgehead atoms. The van der Waals surface area contributed by atoms with Gasteiger partial charge in [-0.15, -0.1) is 0 Å². The molecule has 78 valence electrons. The molecule has 0 aromatic carbocycles. The van der Waals surface area contributed by atoms with E-state index in [1.54, 1.807) is 12.1 Å². The maximum Gasteiger partial charge on any atom is 0.132 e. The Bertz CT molecular complexity index is 318. The molecule has 0 saturated heterocycles. The van der Waals surface area contributed by atoms with Gasteiger partial charge in [0.2, 0.25) is 0 Å². The molecule has 1 heterocycles. The van der Waals surface area contributed by atoms with Gasteiger partial charge in [0, 0.05) is 11.3 Å². The second-order valence-electron chi connectivity index (χ2n) is 3.85. The molecule has 0 aliphatic heterocycles. The number of halogens is 2. The summed E-state index contributed by atoms with van der Waals surface area (Å²) in [6, 6.07) is 3.36. The summed E-state index contributed by atoms with van der Waals surface area (Å²) in [6.07, 6.45) is 1.71. The van der Waals surface area contributed by atoms with Gasteiger partial charge in [-0.3, -0.25) is 0 Å². The summed E-state index contributed by atoms with van der Waals surface area (Å²) < 4.78 is 13.8. The fourth-order valence-corrected chi connectivity index (χ4v) is 1.61. The summed E-state index contributed by atoms with van der Waals surface area (Å²) in [5.74, 6) is 0. The fourth-order valence-electron chi connectivity index (χ4n) is 1.44. The van der Waals surface area contributed by atoms with Crippen molar-refractivity contribution in [1.82, 2.24) is 4.98 Å². The predicted octanol–water partition coefficient (Wildman–Crippen LogP) is 3.89. The van der Waals surface area contributed by atoms with Crippen molar-refractivity contribution in [3.8, 4) is 0 Å². The van der Waals surface area contributed by atoms with Crippen LogP contribution >= 0.6 is 11.6 Å². The van der Waals surface area contributed by atoms with E-state index in [1.165, 1.54) is 13.8 Å². The number of alkyl halides is 1. The number of rotatable bonds is 3. The van der Waals surface area contributed by atoms with Crippen molar-refractivity contribution in [2.24, 2.45) is 0 Å². The first-order chi connectivity index (χ1) is 6.45. The van der Waals surface area contributed by atoms with Crippen molar-refractivity contribution >= 4 is 11.6 Å². The number of aryl methyl sites for hydroxylation is 1. The number of pyridine rings is 1. The molecule has 1 nitrogen and oxygen atoms in total. The van der Waals surface area contributed by atoms with Crippen molar-refractivity contribution in [3.63, 3.8) is 0 Å². The molecule has 1 aromatic rings. The lowest BCUT2D eigenvalue weighted by Gasteiger charge is -2.18. The average molecular weight is 216 g/mol. The van der Waals surface area contributed by atoms with Crippen LogP contribution in [0.2, 0.25) is 5.15 Å². The zero-order valence-electron chi connectivity index (χ0n) is 8.77. The van der Waals surface area contributed by atoms with Gasteiger partial charge in [0.25, 0.3) is 0 Å². The molecule has 1 aromatic heterocycles. The summed E-state index contributed by atoms with van der Waals surface area (Å²) in [5.41, 5.74) is 0.0680. The molecule has 0 radical (unpaired) electrons. The van der Waals surface area contributed by atoms with E-state index in [-0.39, 0.29) is 0 Å². The van der Waals surface area contributed by atoms with E-state index in [0.717, 1.165) is 18.5 Å². The molecule has 0 aliphatic carbocycles. The molecule has 0 aliphatic rings. The maximum atomic E-state index is 13.8. The highest BCUT2D eigenvalue weighted by Gasteiger charge is 2.22. The van der Waals surface area contributed by atoms with Crippen LogP contribution in [-0.2, 0) is 12.1 Å². The van der Waals surface area contributed by atoms with Gasteiger partial charge >= 0.3 is 0 Å². The highest BCUT2D eigenvalue weighted by Crippen LogP contribution is 2.28. The number of hydrogen-bond donors (Lipinski definition) is 0. The van der Waals surface area contributed by atoms with E-state index in [2.05, 4.69) is 4.98 Å². The molecular formula is C11H15ClFN. The largest absolute Gasteiger partial charge is 0.241 e. The molecule has 0 fully saturated rings. The molecule has 0 spiro atoms. The van der Waals surface area contributed by atoms with Gasteiger partial charge in [0.15, 0.2) is 0 Å². The fraction of sp³-hybridized carbons (Fsp3) is 0.545. The Labute approximate surface area is 89.3 Å². The van der Waals surface area contributed by atoms with Gasteiger partial charge in [0.05, 0.1) is 0 Å². The minimum atomic E-state index is -1.35. The number of aromatic nitrogens is 1. The van der Waals surface area contributed by atoms with E-state index >= 15 is 0 Å². The second kappa shape index (κ2) is 4.26. The van der Waals surface area contributed by atoms with Crippen molar-refractivity contribution in [2.45, 2.75) is 39.3 Å². The Hall–Kier alpha value is -0.630. The lowest BCUT2D eigenvalue weighted by Crippen LogP contribution is -2.13. The Morgan fingerprint density at radius 2 is 2.07 bits per heavy atom. The second-order valence-corrected chi connectivity index (χ2v) is 4.24. The number of hydrogen-bond acceptors (Lipinski definition) is 1. The average Bonchev–Trinajstić information content (AvgIpc) is 2.02. The lowest BCUT2D eigenvalue weighted by atomic mass is 9.96. The van der Waals surface area contributed by atoms with Gasteiger partial charge in [-0.2, -0.15) is 0 Å². The smallest absolute Gasteiger partial charge is 0.132 e. The van der Waals surface area contributed by atoms with E-state index in [9.17, 15) is 4.39 Å². The molecular weight excluding hydrogens is 201 g/mol. The third-order valence-electron chi connectivity index (χ3n) is 2.07. The first-order valence-electron chi connectivity index (χ1n) is 4.80. The van der Waals surface area contributed by atoms with Crippen LogP contribution in [0.1, 0.15) is 38.4 Å². The minimum Gasteiger partial charge on any atom is -0.241 e. The Kier molecular flexibility index (Phi) is 3.48. The van der Waals surface area contributed by atoms with Gasteiger partial charge < -0.3 is 0 Å². The Morgan fingerprint density at radius 1 is 1.43 bits per heavy atom. The van der Waals surface area contributed by atoms with Crippen LogP contribution in [0, 0.1) is 0 Å². The molecule has 1 rings (SSSR count). The maximum absolute atomic E-state index is 13.8. The highest BCUT2D eigenvalue weighted by molar-refractivity contribution is 6.29. The van der Waals surface area contributed by atoms with Crippen LogP contribution < -0.4 is 0 Å². The van der Waals surface area contributed by atoms with Gasteiger partial charge in [-0.25, -0.2) is 9.37 Å². The molecule has 3 heteroatoms. The monoisotopic (exact) mass is 215 g/mol. The van der Waals surface area contributed by atoms with Gasteiger partial charge in [-0.1, -0.05) is 31.0 Å². The molecule has 0 saturated carbocycles. The molecule has 0 unspecified atom stereocenters. The normalized spacial score (nSPS) is 11.8. The van der Waals surface area contributed by atoms with Crippen LogP contribution in [0.15, 0.2) is 12.1 Å². The summed E-state index contributed by atoms with van der Waals surface area (Å²) in [6.45, 7) is 5.12. The topological polar surface area (TPSA) is 12.9 Å². The quantitative estimate of drug-likeness (QED) is 0.697. The number of nitrogens with zero attached hydrogens (tertiary/aromatic N) is 1. The molecule has 0 atom stereocenters. The van der Waals surface area contributed by atoms with E-state index in [0.29, 0.717) is 10.7 Å². The molecule has 0 N–H and O–H groups in total. The SMILES string of the molecule is CCCc1nc(Cl)ccc1C(C)(C)F. The van der Waals surface area contributed by atoms with E-state index in [1.807, 2.05) is 6.92 Å². The molecule has 0 amide bonds. The third-order valence-corrected chi connectivity index (χ3v) is 2.28. The highest BCUT2D eigenvalue weighted by atomic mass is 35.5. The third kappa shape index (κ3) is 2.68. The Balaban J connectivity index is 3.15. The van der Waals surface area contributed by atoms with Crippen LogP contribution in [0.25, 0.3) is 0 Å². The van der Waals surface area contributed by atoms with E-state index < -0.39 is 5.67 Å².